The fourth-order valence-electron chi connectivity index (χ4n) is 4.20. The zero-order valence-corrected chi connectivity index (χ0v) is 20.1. The molecule has 0 atom stereocenters. The monoisotopic (exact) mass is 496 g/mol. The molecule has 0 saturated carbocycles. The fourth-order valence-corrected chi connectivity index (χ4v) is 4.96. The zero-order valence-electron chi connectivity index (χ0n) is 19.3. The van der Waals surface area contributed by atoms with Crippen molar-refractivity contribution >= 4 is 28.0 Å². The number of aromatic hydroxyl groups is 2. The number of rotatable bonds is 7. The molecule has 7 heteroatoms. The number of benzene rings is 4. The summed E-state index contributed by atoms with van der Waals surface area (Å²) in [5.41, 5.74) is 4.47. The van der Waals surface area contributed by atoms with E-state index in [-0.39, 0.29) is 28.0 Å². The third-order valence-corrected chi connectivity index (χ3v) is 6.96. The Morgan fingerprint density at radius 2 is 1.58 bits per heavy atom. The molecule has 0 fully saturated rings. The van der Waals surface area contributed by atoms with Gasteiger partial charge in [0.2, 0.25) is 5.88 Å². The minimum Gasteiger partial charge on any atom is -0.507 e. The highest BCUT2D eigenvalue weighted by Gasteiger charge is 2.12. The number of H-pyrrole nitrogens is 1. The predicted octanol–water partition coefficient (Wildman–Crippen LogP) is 5.23. The second-order valence-electron chi connectivity index (χ2n) is 8.58. The number of phenols is 1. The summed E-state index contributed by atoms with van der Waals surface area (Å²) in [6.07, 6.45) is 1.14. The SMILES string of the molecule is O=C(NCCc1cccc(-c2ccc(Cc3sc(=O)[nH]c3O)cc2)c1)c1cc2ccccc2cc1O. The normalized spacial score (nSPS) is 11.0. The van der Waals surface area contributed by atoms with E-state index in [9.17, 15) is 19.8 Å². The third kappa shape index (κ3) is 5.16. The summed E-state index contributed by atoms with van der Waals surface area (Å²) in [7, 11) is 0. The average molecular weight is 497 g/mol. The Balaban J connectivity index is 1.22. The van der Waals surface area contributed by atoms with Gasteiger partial charge >= 0.3 is 4.87 Å². The summed E-state index contributed by atoms with van der Waals surface area (Å²) in [6, 6.07) is 27.1. The van der Waals surface area contributed by atoms with E-state index in [0.29, 0.717) is 24.3 Å². The molecule has 0 saturated heterocycles. The minimum atomic E-state index is -0.302. The molecular formula is C29H24N2O4S. The van der Waals surface area contributed by atoms with Gasteiger partial charge in [0, 0.05) is 13.0 Å². The van der Waals surface area contributed by atoms with E-state index in [1.165, 1.54) is 0 Å². The van der Waals surface area contributed by atoms with Crippen LogP contribution in [0.1, 0.15) is 26.4 Å². The van der Waals surface area contributed by atoms with Crippen LogP contribution in [0.5, 0.6) is 11.6 Å². The summed E-state index contributed by atoms with van der Waals surface area (Å²) in [4.78, 5) is 26.8. The van der Waals surface area contributed by atoms with Gasteiger partial charge in [0.1, 0.15) is 5.75 Å². The lowest BCUT2D eigenvalue weighted by Crippen LogP contribution is -2.25. The standard InChI is InChI=1S/C29H24N2O4S/c32-25-17-23-6-2-1-5-22(23)16-24(25)27(33)30-13-12-18-4-3-7-21(14-18)20-10-8-19(9-11-20)15-26-28(34)31-29(35)36-26/h1-11,14,16-17,32,34H,12-13,15H2,(H,30,33)(H,31,35). The van der Waals surface area contributed by atoms with Crippen molar-refractivity contribution in [2.24, 2.45) is 0 Å². The molecule has 180 valence electrons. The summed E-state index contributed by atoms with van der Waals surface area (Å²) in [5, 5.41) is 24.8. The first kappa shape index (κ1) is 23.4. The number of hydrogen-bond donors (Lipinski definition) is 4. The van der Waals surface area contributed by atoms with Gasteiger partial charge in [-0.2, -0.15) is 0 Å². The van der Waals surface area contributed by atoms with Crippen molar-refractivity contribution in [1.82, 2.24) is 10.3 Å². The van der Waals surface area contributed by atoms with Crippen LogP contribution in [0.4, 0.5) is 0 Å². The van der Waals surface area contributed by atoms with E-state index in [4.69, 9.17) is 0 Å². The molecule has 5 aromatic rings. The number of nitrogens with one attached hydrogen (secondary N) is 2. The van der Waals surface area contributed by atoms with Gasteiger partial charge in [-0.25, -0.2) is 0 Å². The van der Waals surface area contributed by atoms with E-state index in [1.807, 2.05) is 66.7 Å². The number of aromatic amines is 1. The molecule has 1 aromatic heterocycles. The maximum absolute atomic E-state index is 12.7. The Hall–Kier alpha value is -4.36. The number of fused-ring (bicyclic) bond motifs is 1. The van der Waals surface area contributed by atoms with Gasteiger partial charge < -0.3 is 15.5 Å². The number of amides is 1. The molecule has 0 bridgehead atoms. The number of phenolic OH excluding ortho intramolecular Hbond substituents is 1. The fraction of sp³-hybridized carbons (Fsp3) is 0.103. The van der Waals surface area contributed by atoms with Gasteiger partial charge in [0.25, 0.3) is 5.91 Å². The highest BCUT2D eigenvalue weighted by molar-refractivity contribution is 7.09. The highest BCUT2D eigenvalue weighted by Crippen LogP contribution is 2.26. The minimum absolute atomic E-state index is 0.0301. The maximum atomic E-state index is 12.7. The second kappa shape index (κ2) is 10.1. The molecule has 6 nitrogen and oxygen atoms in total. The van der Waals surface area contributed by atoms with Gasteiger partial charge in [0.15, 0.2) is 0 Å². The van der Waals surface area contributed by atoms with Crippen molar-refractivity contribution in [3.63, 3.8) is 0 Å². The zero-order chi connectivity index (χ0) is 25.1. The predicted molar refractivity (Wildman–Crippen MR) is 143 cm³/mol. The van der Waals surface area contributed by atoms with Crippen LogP contribution in [0.25, 0.3) is 21.9 Å². The van der Waals surface area contributed by atoms with E-state index in [2.05, 4.69) is 16.4 Å². The van der Waals surface area contributed by atoms with Gasteiger partial charge in [-0.3, -0.25) is 14.6 Å². The van der Waals surface area contributed by atoms with E-state index >= 15 is 0 Å². The Morgan fingerprint density at radius 1 is 0.833 bits per heavy atom. The van der Waals surface area contributed by atoms with Gasteiger partial charge in [-0.05, 0) is 51.6 Å². The smallest absolute Gasteiger partial charge is 0.307 e. The first-order valence-electron chi connectivity index (χ1n) is 11.6. The third-order valence-electron chi connectivity index (χ3n) is 6.09. The highest BCUT2D eigenvalue weighted by atomic mass is 32.1. The molecule has 0 aliphatic heterocycles. The molecule has 1 heterocycles. The van der Waals surface area contributed by atoms with Crippen LogP contribution < -0.4 is 10.2 Å². The van der Waals surface area contributed by atoms with Crippen LogP contribution in [-0.4, -0.2) is 27.6 Å². The van der Waals surface area contributed by atoms with Crippen molar-refractivity contribution in [3.05, 3.63) is 116 Å². The summed E-state index contributed by atoms with van der Waals surface area (Å²) >= 11 is 1.02. The number of carbonyl (C=O) groups is 1. The molecule has 5 rings (SSSR count). The topological polar surface area (TPSA) is 102 Å². The van der Waals surface area contributed by atoms with Crippen LogP contribution in [0.15, 0.2) is 89.7 Å². The van der Waals surface area contributed by atoms with Crippen LogP contribution in [-0.2, 0) is 12.8 Å². The molecule has 0 radical (unpaired) electrons. The summed E-state index contributed by atoms with van der Waals surface area (Å²) in [5.74, 6) is -0.397. The van der Waals surface area contributed by atoms with Gasteiger partial charge in [-0.1, -0.05) is 84.1 Å². The van der Waals surface area contributed by atoms with E-state index in [1.54, 1.807) is 12.1 Å². The lowest BCUT2D eigenvalue weighted by molar-refractivity contribution is 0.0951. The Labute approximate surface area is 211 Å². The maximum Gasteiger partial charge on any atom is 0.307 e. The largest absolute Gasteiger partial charge is 0.507 e. The lowest BCUT2D eigenvalue weighted by atomic mass is 10.00. The van der Waals surface area contributed by atoms with Crippen LogP contribution in [0, 0.1) is 0 Å². The second-order valence-corrected chi connectivity index (χ2v) is 9.65. The molecule has 4 aromatic carbocycles. The molecule has 0 aliphatic carbocycles. The molecule has 1 amide bonds. The molecule has 0 aliphatic rings. The summed E-state index contributed by atoms with van der Waals surface area (Å²) < 4.78 is 0. The Morgan fingerprint density at radius 3 is 2.31 bits per heavy atom. The van der Waals surface area contributed by atoms with Gasteiger partial charge in [-0.15, -0.1) is 0 Å². The molecule has 36 heavy (non-hydrogen) atoms. The number of carbonyl (C=O) groups excluding carboxylic acids is 1. The first-order valence-corrected chi connectivity index (χ1v) is 12.4. The Kier molecular flexibility index (Phi) is 6.56. The van der Waals surface area contributed by atoms with Crippen LogP contribution >= 0.6 is 11.3 Å². The molecule has 4 N–H and O–H groups in total. The van der Waals surface area contributed by atoms with Crippen LogP contribution in [0.3, 0.4) is 0 Å². The Bertz CT molecular complexity index is 1600. The van der Waals surface area contributed by atoms with Crippen molar-refractivity contribution in [1.29, 1.82) is 0 Å². The quantitative estimate of drug-likeness (QED) is 0.248. The lowest BCUT2D eigenvalue weighted by Gasteiger charge is -2.10. The number of aromatic nitrogens is 1. The molecular weight excluding hydrogens is 472 g/mol. The van der Waals surface area contributed by atoms with Crippen LogP contribution in [0.2, 0.25) is 0 Å². The number of thiazole rings is 1. The first-order chi connectivity index (χ1) is 17.5. The van der Waals surface area contributed by atoms with E-state index < -0.39 is 0 Å². The summed E-state index contributed by atoms with van der Waals surface area (Å²) in [6.45, 7) is 0.441. The van der Waals surface area contributed by atoms with E-state index in [0.717, 1.165) is 44.4 Å². The number of hydrogen-bond acceptors (Lipinski definition) is 5. The van der Waals surface area contributed by atoms with Gasteiger partial charge in [0.05, 0.1) is 10.4 Å². The van der Waals surface area contributed by atoms with Crippen molar-refractivity contribution < 1.29 is 15.0 Å². The van der Waals surface area contributed by atoms with Crippen molar-refractivity contribution in [2.75, 3.05) is 6.54 Å². The van der Waals surface area contributed by atoms with Crippen molar-refractivity contribution in [2.45, 2.75) is 12.8 Å². The molecule has 0 unspecified atom stereocenters. The van der Waals surface area contributed by atoms with Crippen molar-refractivity contribution in [3.8, 4) is 22.8 Å². The average Bonchev–Trinajstić information content (AvgIpc) is 3.20. The molecule has 0 spiro atoms.